The summed E-state index contributed by atoms with van der Waals surface area (Å²) in [4.78, 5) is 11.5. The minimum atomic E-state index is -0.104. The first-order valence-electron chi connectivity index (χ1n) is 4.02. The molecule has 1 N–H and O–H groups in total. The van der Waals surface area contributed by atoms with Gasteiger partial charge in [-0.25, -0.2) is 0 Å². The highest BCUT2D eigenvalue weighted by atomic mass is 35.5. The zero-order chi connectivity index (χ0) is 8.97. The first-order chi connectivity index (χ1) is 5.75. The third-order valence-corrected chi connectivity index (χ3v) is 1.88. The van der Waals surface area contributed by atoms with E-state index in [0.29, 0.717) is 0 Å². The summed E-state index contributed by atoms with van der Waals surface area (Å²) < 4.78 is 0. The summed E-state index contributed by atoms with van der Waals surface area (Å²) in [6, 6.07) is 9.20. The van der Waals surface area contributed by atoms with Crippen molar-refractivity contribution in [2.24, 2.45) is 0 Å². The molecule has 1 rings (SSSR count). The Morgan fingerprint density at radius 1 is 1.31 bits per heavy atom. The molecule has 0 fully saturated rings. The molecule has 3 heteroatoms. The fourth-order valence-corrected chi connectivity index (χ4v) is 0.984. The van der Waals surface area contributed by atoms with Gasteiger partial charge in [-0.2, -0.15) is 0 Å². The Bertz CT molecular complexity index is 261. The number of Topliss-reactive ketones (excluding diaryl/α,β-unsaturated/α-hetero) is 1. The van der Waals surface area contributed by atoms with Crippen molar-refractivity contribution >= 4 is 18.2 Å². The van der Waals surface area contributed by atoms with Gasteiger partial charge in [0.2, 0.25) is 0 Å². The largest absolute Gasteiger partial charge is 0.310 e. The Morgan fingerprint density at radius 3 is 2.31 bits per heavy atom. The monoisotopic (exact) mass is 199 g/mol. The summed E-state index contributed by atoms with van der Waals surface area (Å²) in [6.45, 7) is 1.86. The third kappa shape index (κ3) is 3.17. The van der Waals surface area contributed by atoms with E-state index in [9.17, 15) is 4.79 Å². The van der Waals surface area contributed by atoms with Crippen molar-refractivity contribution in [1.82, 2.24) is 5.32 Å². The van der Waals surface area contributed by atoms with E-state index in [4.69, 9.17) is 0 Å². The van der Waals surface area contributed by atoms with Crippen LogP contribution in [0.15, 0.2) is 30.3 Å². The van der Waals surface area contributed by atoms with E-state index in [-0.39, 0.29) is 24.2 Å². The SMILES string of the molecule is CN[C@@H](C)C(=O)c1ccccc1.Cl. The maximum Gasteiger partial charge on any atom is 0.179 e. The minimum Gasteiger partial charge on any atom is -0.310 e. The maximum atomic E-state index is 11.5. The van der Waals surface area contributed by atoms with Crippen LogP contribution in [0, 0.1) is 0 Å². The molecule has 1 aromatic rings. The number of ketones is 1. The Labute approximate surface area is 84.8 Å². The van der Waals surface area contributed by atoms with Gasteiger partial charge in [-0.1, -0.05) is 30.3 Å². The van der Waals surface area contributed by atoms with Gasteiger partial charge in [0.25, 0.3) is 0 Å². The van der Waals surface area contributed by atoms with E-state index < -0.39 is 0 Å². The van der Waals surface area contributed by atoms with Crippen molar-refractivity contribution in [2.45, 2.75) is 13.0 Å². The van der Waals surface area contributed by atoms with Crippen LogP contribution in [-0.2, 0) is 0 Å². The van der Waals surface area contributed by atoms with Crippen molar-refractivity contribution in [2.75, 3.05) is 7.05 Å². The second kappa shape index (κ2) is 5.73. The average Bonchev–Trinajstić information content (AvgIpc) is 2.17. The lowest BCUT2D eigenvalue weighted by atomic mass is 10.1. The van der Waals surface area contributed by atoms with E-state index in [1.165, 1.54) is 0 Å². The topological polar surface area (TPSA) is 29.1 Å². The number of rotatable bonds is 3. The fourth-order valence-electron chi connectivity index (χ4n) is 0.984. The standard InChI is InChI=1S/C10H13NO.ClH/c1-8(11-2)10(12)9-6-4-3-5-7-9;/h3-8,11H,1-2H3;1H/t8-;/m0./s1. The molecule has 0 aromatic heterocycles. The van der Waals surface area contributed by atoms with Gasteiger partial charge in [-0.15, -0.1) is 12.4 Å². The van der Waals surface area contributed by atoms with E-state index in [1.807, 2.05) is 37.3 Å². The van der Waals surface area contributed by atoms with Gasteiger partial charge in [-0.05, 0) is 14.0 Å². The highest BCUT2D eigenvalue weighted by molar-refractivity contribution is 5.99. The van der Waals surface area contributed by atoms with Gasteiger partial charge in [0, 0.05) is 5.56 Å². The van der Waals surface area contributed by atoms with E-state index in [0.717, 1.165) is 5.56 Å². The van der Waals surface area contributed by atoms with Crippen LogP contribution in [0.4, 0.5) is 0 Å². The quantitative estimate of drug-likeness (QED) is 0.754. The van der Waals surface area contributed by atoms with Gasteiger partial charge >= 0.3 is 0 Å². The zero-order valence-corrected chi connectivity index (χ0v) is 8.60. The van der Waals surface area contributed by atoms with Crippen LogP contribution < -0.4 is 5.32 Å². The lowest BCUT2D eigenvalue weighted by Crippen LogP contribution is -2.30. The van der Waals surface area contributed by atoms with Gasteiger partial charge in [-0.3, -0.25) is 4.79 Å². The Morgan fingerprint density at radius 2 is 1.85 bits per heavy atom. The molecular weight excluding hydrogens is 186 g/mol. The number of likely N-dealkylation sites (N-methyl/N-ethyl adjacent to an activating group) is 1. The van der Waals surface area contributed by atoms with Crippen LogP contribution >= 0.6 is 12.4 Å². The van der Waals surface area contributed by atoms with Crippen LogP contribution in [0.3, 0.4) is 0 Å². The average molecular weight is 200 g/mol. The summed E-state index contributed by atoms with van der Waals surface area (Å²) in [7, 11) is 1.78. The number of carbonyl (C=O) groups is 1. The van der Waals surface area contributed by atoms with E-state index in [1.54, 1.807) is 7.05 Å². The predicted molar refractivity (Wildman–Crippen MR) is 56.5 cm³/mol. The van der Waals surface area contributed by atoms with Gasteiger partial charge in [0.1, 0.15) is 0 Å². The number of halogens is 1. The molecule has 1 aromatic carbocycles. The van der Waals surface area contributed by atoms with Crippen LogP contribution in [0.25, 0.3) is 0 Å². The summed E-state index contributed by atoms with van der Waals surface area (Å²) >= 11 is 0. The number of nitrogens with one attached hydrogen (secondary N) is 1. The van der Waals surface area contributed by atoms with Crippen LogP contribution in [0.1, 0.15) is 17.3 Å². The molecule has 0 heterocycles. The third-order valence-electron chi connectivity index (χ3n) is 1.88. The lowest BCUT2D eigenvalue weighted by Gasteiger charge is -2.07. The zero-order valence-electron chi connectivity index (χ0n) is 7.78. The summed E-state index contributed by atoms with van der Waals surface area (Å²) in [5, 5.41) is 2.91. The van der Waals surface area contributed by atoms with Crippen molar-refractivity contribution < 1.29 is 4.79 Å². The molecular formula is C10H14ClNO. The van der Waals surface area contributed by atoms with E-state index >= 15 is 0 Å². The lowest BCUT2D eigenvalue weighted by molar-refractivity contribution is 0.0955. The first kappa shape index (κ1) is 12.1. The van der Waals surface area contributed by atoms with Crippen molar-refractivity contribution in [1.29, 1.82) is 0 Å². The molecule has 0 aliphatic heterocycles. The molecule has 0 saturated carbocycles. The first-order valence-corrected chi connectivity index (χ1v) is 4.02. The summed E-state index contributed by atoms with van der Waals surface area (Å²) in [5.74, 6) is 0.137. The van der Waals surface area contributed by atoms with Crippen molar-refractivity contribution in [3.05, 3.63) is 35.9 Å². The van der Waals surface area contributed by atoms with Gasteiger partial charge in [0.05, 0.1) is 6.04 Å². The Hall–Kier alpha value is -0.860. The molecule has 1 atom stereocenters. The second-order valence-electron chi connectivity index (χ2n) is 2.74. The normalized spacial score (nSPS) is 11.5. The number of hydrogen-bond acceptors (Lipinski definition) is 2. The van der Waals surface area contributed by atoms with E-state index in [2.05, 4.69) is 5.32 Å². The maximum absolute atomic E-state index is 11.5. The molecule has 0 bridgehead atoms. The number of benzene rings is 1. The van der Waals surface area contributed by atoms with Gasteiger partial charge in [0.15, 0.2) is 5.78 Å². The molecule has 0 saturated heterocycles. The molecule has 0 spiro atoms. The van der Waals surface area contributed by atoms with Crippen LogP contribution in [0.2, 0.25) is 0 Å². The summed E-state index contributed by atoms with van der Waals surface area (Å²) in [5.41, 5.74) is 0.763. The molecule has 2 nitrogen and oxygen atoms in total. The molecule has 0 aliphatic rings. The smallest absolute Gasteiger partial charge is 0.179 e. The van der Waals surface area contributed by atoms with Crippen molar-refractivity contribution in [3.8, 4) is 0 Å². The highest BCUT2D eigenvalue weighted by Gasteiger charge is 2.11. The van der Waals surface area contributed by atoms with Crippen LogP contribution in [-0.4, -0.2) is 18.9 Å². The Kier molecular flexibility index (Phi) is 5.35. The molecule has 0 amide bonds. The summed E-state index contributed by atoms with van der Waals surface area (Å²) in [6.07, 6.45) is 0. The predicted octanol–water partition coefficient (Wildman–Crippen LogP) is 1.90. The van der Waals surface area contributed by atoms with Crippen molar-refractivity contribution in [3.63, 3.8) is 0 Å². The molecule has 0 unspecified atom stereocenters. The Balaban J connectivity index is 0.00000144. The molecule has 0 aliphatic carbocycles. The fraction of sp³-hybridized carbons (Fsp3) is 0.300. The second-order valence-corrected chi connectivity index (χ2v) is 2.74. The molecule has 0 radical (unpaired) electrons. The molecule has 13 heavy (non-hydrogen) atoms. The number of carbonyl (C=O) groups excluding carboxylic acids is 1. The highest BCUT2D eigenvalue weighted by Crippen LogP contribution is 2.02. The molecule has 72 valence electrons. The van der Waals surface area contributed by atoms with Crippen LogP contribution in [0.5, 0.6) is 0 Å². The minimum absolute atomic E-state index is 0. The number of hydrogen-bond donors (Lipinski definition) is 1. The van der Waals surface area contributed by atoms with Gasteiger partial charge < -0.3 is 5.32 Å².